The number of rotatable bonds is 8. The van der Waals surface area contributed by atoms with E-state index in [0.717, 1.165) is 0 Å². The molecule has 5 nitrogen and oxygen atoms in total. The highest BCUT2D eigenvalue weighted by Gasteiger charge is 2.18. The lowest BCUT2D eigenvalue weighted by Gasteiger charge is -2.18. The second-order valence-corrected chi connectivity index (χ2v) is 6.56. The highest BCUT2D eigenvalue weighted by molar-refractivity contribution is 5.81. The van der Waals surface area contributed by atoms with Crippen molar-refractivity contribution in [2.45, 2.75) is 19.9 Å². The van der Waals surface area contributed by atoms with Gasteiger partial charge in [-0.05, 0) is 41.8 Å². The van der Waals surface area contributed by atoms with Gasteiger partial charge in [-0.3, -0.25) is 9.59 Å². The second-order valence-electron chi connectivity index (χ2n) is 6.56. The molecular formula is C21H23F2NO4. The number of carbonyl (C=O) groups excluding carboxylic acids is 2. The maximum absolute atomic E-state index is 13.7. The summed E-state index contributed by atoms with van der Waals surface area (Å²) >= 11 is 0. The molecule has 1 amide bonds. The fourth-order valence-corrected chi connectivity index (χ4v) is 2.66. The van der Waals surface area contributed by atoms with E-state index >= 15 is 0 Å². The number of carbonyl (C=O) groups is 2. The van der Waals surface area contributed by atoms with Crippen molar-refractivity contribution in [1.82, 2.24) is 4.90 Å². The van der Waals surface area contributed by atoms with Crippen LogP contribution in [0.1, 0.15) is 18.1 Å². The molecule has 0 bridgehead atoms. The van der Waals surface area contributed by atoms with Crippen LogP contribution in [0, 0.1) is 17.6 Å². The summed E-state index contributed by atoms with van der Waals surface area (Å²) in [5.41, 5.74) is 1.26. The molecule has 0 N–H and O–H groups in total. The van der Waals surface area contributed by atoms with E-state index in [1.54, 1.807) is 25.1 Å². The number of hydrogen-bond acceptors (Lipinski definition) is 4. The molecule has 0 aliphatic rings. The lowest BCUT2D eigenvalue weighted by atomic mass is 10.0. The van der Waals surface area contributed by atoms with Crippen LogP contribution in [0.5, 0.6) is 5.75 Å². The van der Waals surface area contributed by atoms with Gasteiger partial charge in [0, 0.05) is 13.6 Å². The molecule has 2 rings (SSSR count). The van der Waals surface area contributed by atoms with E-state index in [2.05, 4.69) is 0 Å². The molecular weight excluding hydrogens is 368 g/mol. The van der Waals surface area contributed by atoms with E-state index in [1.807, 2.05) is 0 Å². The van der Waals surface area contributed by atoms with Gasteiger partial charge in [0.25, 0.3) is 5.91 Å². The highest BCUT2D eigenvalue weighted by Crippen LogP contribution is 2.18. The van der Waals surface area contributed by atoms with E-state index in [0.29, 0.717) is 17.5 Å². The number of halogens is 2. The number of methoxy groups -OCH3 is 1. The summed E-state index contributed by atoms with van der Waals surface area (Å²) in [6, 6.07) is 10.4. The molecule has 0 saturated carbocycles. The zero-order valence-electron chi connectivity index (χ0n) is 16.1. The third kappa shape index (κ3) is 6.04. The van der Waals surface area contributed by atoms with Crippen molar-refractivity contribution in [2.75, 3.05) is 20.8 Å². The monoisotopic (exact) mass is 391 g/mol. The van der Waals surface area contributed by atoms with Gasteiger partial charge in [-0.2, -0.15) is 0 Å². The largest absolute Gasteiger partial charge is 0.494 e. The normalized spacial score (nSPS) is 11.6. The van der Waals surface area contributed by atoms with Crippen LogP contribution in [0.3, 0.4) is 0 Å². The van der Waals surface area contributed by atoms with Gasteiger partial charge in [-0.1, -0.05) is 25.1 Å². The van der Waals surface area contributed by atoms with Crippen molar-refractivity contribution >= 4 is 11.9 Å². The summed E-state index contributed by atoms with van der Waals surface area (Å²) in [5.74, 6) is -2.23. The fraction of sp³-hybridized carbons (Fsp3) is 0.333. The molecule has 2 aromatic rings. The fourth-order valence-electron chi connectivity index (χ4n) is 2.66. The molecule has 2 aromatic carbocycles. The van der Waals surface area contributed by atoms with Crippen molar-refractivity contribution in [2.24, 2.45) is 5.92 Å². The Morgan fingerprint density at radius 2 is 1.86 bits per heavy atom. The van der Waals surface area contributed by atoms with Crippen LogP contribution >= 0.6 is 0 Å². The van der Waals surface area contributed by atoms with E-state index in [1.165, 1.54) is 43.3 Å². The molecule has 1 unspecified atom stereocenters. The molecule has 28 heavy (non-hydrogen) atoms. The predicted octanol–water partition coefficient (Wildman–Crippen LogP) is 3.35. The molecule has 7 heteroatoms. The van der Waals surface area contributed by atoms with Gasteiger partial charge >= 0.3 is 5.97 Å². The SMILES string of the molecule is COc1ccc(CN(C)C(=O)COC(=O)C(C)Cc2cccc(F)c2)cc1F. The average Bonchev–Trinajstić information content (AvgIpc) is 2.65. The molecule has 0 radical (unpaired) electrons. The van der Waals surface area contributed by atoms with Crippen molar-refractivity contribution in [3.8, 4) is 5.75 Å². The van der Waals surface area contributed by atoms with Gasteiger partial charge in [-0.25, -0.2) is 8.78 Å². The van der Waals surface area contributed by atoms with Gasteiger partial charge in [0.15, 0.2) is 18.2 Å². The Bertz CT molecular complexity index is 841. The summed E-state index contributed by atoms with van der Waals surface area (Å²) in [7, 11) is 2.91. The van der Waals surface area contributed by atoms with Gasteiger partial charge in [0.05, 0.1) is 13.0 Å². The first-order valence-electron chi connectivity index (χ1n) is 8.77. The Labute approximate surface area is 162 Å². The third-order valence-electron chi connectivity index (χ3n) is 4.23. The van der Waals surface area contributed by atoms with Crippen molar-refractivity contribution in [3.63, 3.8) is 0 Å². The van der Waals surface area contributed by atoms with E-state index in [4.69, 9.17) is 9.47 Å². The molecule has 0 aliphatic heterocycles. The first kappa shape index (κ1) is 21.3. The number of ether oxygens (including phenoxy) is 2. The minimum Gasteiger partial charge on any atom is -0.494 e. The van der Waals surface area contributed by atoms with Crippen LogP contribution in [0.15, 0.2) is 42.5 Å². The zero-order valence-corrected chi connectivity index (χ0v) is 16.1. The van der Waals surface area contributed by atoms with E-state index < -0.39 is 30.2 Å². The van der Waals surface area contributed by atoms with Crippen molar-refractivity contribution in [3.05, 3.63) is 65.2 Å². The Kier molecular flexibility index (Phi) is 7.49. The first-order chi connectivity index (χ1) is 13.3. The van der Waals surface area contributed by atoms with Gasteiger partial charge in [-0.15, -0.1) is 0 Å². The highest BCUT2D eigenvalue weighted by atomic mass is 19.1. The van der Waals surface area contributed by atoms with Crippen LogP contribution in [0.25, 0.3) is 0 Å². The summed E-state index contributed by atoms with van der Waals surface area (Å²) in [6.07, 6.45) is 0.311. The molecule has 0 aliphatic carbocycles. The van der Waals surface area contributed by atoms with E-state index in [-0.39, 0.29) is 18.1 Å². The summed E-state index contributed by atoms with van der Waals surface area (Å²) in [5, 5.41) is 0. The van der Waals surface area contributed by atoms with Gasteiger partial charge in [0.2, 0.25) is 0 Å². The smallest absolute Gasteiger partial charge is 0.309 e. The summed E-state index contributed by atoms with van der Waals surface area (Å²) in [4.78, 5) is 25.6. The number of benzene rings is 2. The number of esters is 1. The predicted molar refractivity (Wildman–Crippen MR) is 99.7 cm³/mol. The molecule has 0 heterocycles. The third-order valence-corrected chi connectivity index (χ3v) is 4.23. The number of amides is 1. The Morgan fingerprint density at radius 1 is 1.11 bits per heavy atom. The lowest BCUT2D eigenvalue weighted by Crippen LogP contribution is -2.32. The average molecular weight is 391 g/mol. The Balaban J connectivity index is 1.83. The van der Waals surface area contributed by atoms with Crippen LogP contribution in [-0.4, -0.2) is 37.5 Å². The van der Waals surface area contributed by atoms with Crippen molar-refractivity contribution < 1.29 is 27.8 Å². The number of nitrogens with zero attached hydrogens (tertiary/aromatic N) is 1. The quantitative estimate of drug-likeness (QED) is 0.648. The van der Waals surface area contributed by atoms with Crippen LogP contribution < -0.4 is 4.74 Å². The molecule has 0 saturated heterocycles. The van der Waals surface area contributed by atoms with Gasteiger partial charge < -0.3 is 14.4 Å². The standard InChI is InChI=1S/C21H23F2NO4/c1-14(9-15-5-4-6-17(22)10-15)21(26)28-13-20(25)24(2)12-16-7-8-19(27-3)18(23)11-16/h4-8,10-11,14H,9,12-13H2,1-3H3. The molecule has 1 atom stereocenters. The number of hydrogen-bond donors (Lipinski definition) is 0. The maximum atomic E-state index is 13.7. The summed E-state index contributed by atoms with van der Waals surface area (Å²) in [6.45, 7) is 1.40. The van der Waals surface area contributed by atoms with Crippen molar-refractivity contribution in [1.29, 1.82) is 0 Å². The Hall–Kier alpha value is -2.96. The first-order valence-corrected chi connectivity index (χ1v) is 8.77. The van der Waals surface area contributed by atoms with Gasteiger partial charge in [0.1, 0.15) is 5.82 Å². The molecule has 150 valence electrons. The van der Waals surface area contributed by atoms with Crippen LogP contribution in [0.2, 0.25) is 0 Å². The maximum Gasteiger partial charge on any atom is 0.309 e. The molecule has 0 fully saturated rings. The molecule has 0 aromatic heterocycles. The summed E-state index contributed by atoms with van der Waals surface area (Å²) < 4.78 is 36.9. The second kappa shape index (κ2) is 9.82. The van der Waals surface area contributed by atoms with Crippen LogP contribution in [-0.2, 0) is 27.3 Å². The topological polar surface area (TPSA) is 55.8 Å². The minimum atomic E-state index is -0.540. The minimum absolute atomic E-state index is 0.124. The number of likely N-dealkylation sites (N-methyl/N-ethyl adjacent to an activating group) is 1. The Morgan fingerprint density at radius 3 is 2.50 bits per heavy atom. The van der Waals surface area contributed by atoms with E-state index in [9.17, 15) is 18.4 Å². The van der Waals surface area contributed by atoms with Crippen LogP contribution in [0.4, 0.5) is 8.78 Å². The zero-order chi connectivity index (χ0) is 20.7. The lowest BCUT2D eigenvalue weighted by molar-refractivity contribution is -0.154. The molecule has 0 spiro atoms.